The Morgan fingerprint density at radius 2 is 1.84 bits per heavy atom. The molecule has 19 heavy (non-hydrogen) atoms. The van der Waals surface area contributed by atoms with Gasteiger partial charge in [0.15, 0.2) is 0 Å². The number of fused-ring (bicyclic) bond motifs is 1. The van der Waals surface area contributed by atoms with Crippen molar-refractivity contribution in [1.82, 2.24) is 9.97 Å². The lowest BCUT2D eigenvalue weighted by molar-refractivity contribution is -0.140. The van der Waals surface area contributed by atoms with Crippen LogP contribution in [0.5, 0.6) is 0 Å². The fourth-order valence-corrected chi connectivity index (χ4v) is 1.70. The first kappa shape index (κ1) is 13.9. The van der Waals surface area contributed by atoms with E-state index in [0.717, 1.165) is 6.07 Å². The van der Waals surface area contributed by atoms with Gasteiger partial charge in [0.05, 0.1) is 5.52 Å². The molecule has 0 amide bonds. The third kappa shape index (κ3) is 2.34. The van der Waals surface area contributed by atoms with E-state index in [-0.39, 0.29) is 16.5 Å². The van der Waals surface area contributed by atoms with Crippen LogP contribution >= 0.6 is 11.6 Å². The Bertz CT molecular complexity index is 645. The number of hydrogen-bond acceptors (Lipinski definition) is 2. The van der Waals surface area contributed by atoms with Crippen molar-refractivity contribution in [1.29, 1.82) is 0 Å². The fraction of sp³-hybridized carbons (Fsp3) is 0.273. The maximum atomic E-state index is 13.3. The summed E-state index contributed by atoms with van der Waals surface area (Å²) in [4.78, 5) is 6.43. The lowest BCUT2D eigenvalue weighted by Gasteiger charge is -2.14. The summed E-state index contributed by atoms with van der Waals surface area (Å²) in [7, 11) is 0. The molecule has 0 N–H and O–H groups in total. The number of benzene rings is 1. The minimum atomic E-state index is -4.54. The highest BCUT2D eigenvalue weighted by molar-refractivity contribution is 6.34. The van der Waals surface area contributed by atoms with Crippen LogP contribution in [-0.2, 0) is 5.92 Å². The summed E-state index contributed by atoms with van der Waals surface area (Å²) < 4.78 is 64.1. The van der Waals surface area contributed by atoms with Gasteiger partial charge in [0.1, 0.15) is 11.0 Å². The van der Waals surface area contributed by atoms with Gasteiger partial charge in [0, 0.05) is 11.5 Å². The predicted molar refractivity (Wildman–Crippen MR) is 59.1 cm³/mol. The van der Waals surface area contributed by atoms with Gasteiger partial charge in [-0.2, -0.15) is 8.78 Å². The second-order valence-corrected chi connectivity index (χ2v) is 4.24. The highest BCUT2D eigenvalue weighted by Gasteiger charge is 2.46. The SMILES string of the molecule is Cc1cc2c(Cl)nc(C(F)(F)C(F)F)nc2cc1F. The quantitative estimate of drug-likeness (QED) is 0.616. The Morgan fingerprint density at radius 1 is 1.21 bits per heavy atom. The van der Waals surface area contributed by atoms with Crippen LogP contribution in [0.2, 0.25) is 5.15 Å². The van der Waals surface area contributed by atoms with Crippen molar-refractivity contribution in [2.75, 3.05) is 0 Å². The van der Waals surface area contributed by atoms with Crippen molar-refractivity contribution in [2.45, 2.75) is 19.3 Å². The standard InChI is InChI=1S/C11H6ClF5N2/c1-4-2-5-7(3-6(4)13)18-10(19-8(5)12)11(16,17)9(14)15/h2-3,9H,1H3. The van der Waals surface area contributed by atoms with Gasteiger partial charge in [-0.25, -0.2) is 23.1 Å². The molecule has 2 nitrogen and oxygen atoms in total. The summed E-state index contributed by atoms with van der Waals surface area (Å²) in [5.74, 6) is -6.67. The minimum absolute atomic E-state index is 0.120. The molecule has 0 atom stereocenters. The number of aryl methyl sites for hydroxylation is 1. The molecule has 0 aliphatic heterocycles. The van der Waals surface area contributed by atoms with Gasteiger partial charge in [-0.3, -0.25) is 0 Å². The summed E-state index contributed by atoms with van der Waals surface area (Å²) in [6.45, 7) is 1.44. The molecule has 0 unspecified atom stereocenters. The van der Waals surface area contributed by atoms with Crippen LogP contribution in [0.25, 0.3) is 10.9 Å². The Hall–Kier alpha value is -1.50. The zero-order chi connectivity index (χ0) is 14.4. The minimum Gasteiger partial charge on any atom is -0.227 e. The summed E-state index contributed by atoms with van der Waals surface area (Å²) in [6.07, 6.45) is -3.98. The van der Waals surface area contributed by atoms with E-state index in [4.69, 9.17) is 11.6 Å². The molecule has 1 aromatic heterocycles. The van der Waals surface area contributed by atoms with Crippen molar-refractivity contribution in [3.05, 3.63) is 34.5 Å². The van der Waals surface area contributed by atoms with Crippen LogP contribution in [0.1, 0.15) is 11.4 Å². The second-order valence-electron chi connectivity index (χ2n) is 3.88. The largest absolute Gasteiger partial charge is 0.365 e. The molecule has 0 aliphatic rings. The lowest BCUT2D eigenvalue weighted by atomic mass is 10.1. The second kappa shape index (κ2) is 4.56. The number of hydrogen-bond donors (Lipinski definition) is 0. The van der Waals surface area contributed by atoms with Crippen molar-refractivity contribution in [3.8, 4) is 0 Å². The average molecular weight is 297 g/mol. The number of aromatic nitrogens is 2. The van der Waals surface area contributed by atoms with Gasteiger partial charge in [-0.15, -0.1) is 0 Å². The average Bonchev–Trinajstić information content (AvgIpc) is 2.31. The van der Waals surface area contributed by atoms with Gasteiger partial charge < -0.3 is 0 Å². The van der Waals surface area contributed by atoms with Crippen LogP contribution in [-0.4, -0.2) is 16.4 Å². The molecule has 8 heteroatoms. The van der Waals surface area contributed by atoms with Crippen LogP contribution in [0.4, 0.5) is 22.0 Å². The molecule has 1 heterocycles. The third-order valence-electron chi connectivity index (χ3n) is 2.50. The highest BCUT2D eigenvalue weighted by Crippen LogP contribution is 2.34. The molecule has 2 aromatic rings. The van der Waals surface area contributed by atoms with E-state index in [1.165, 1.54) is 13.0 Å². The number of alkyl halides is 4. The Balaban J connectivity index is 2.72. The molecule has 1 aromatic carbocycles. The van der Waals surface area contributed by atoms with E-state index in [9.17, 15) is 22.0 Å². The van der Waals surface area contributed by atoms with Gasteiger partial charge in [0.2, 0.25) is 5.82 Å². The smallest absolute Gasteiger partial charge is 0.227 e. The zero-order valence-corrected chi connectivity index (χ0v) is 10.2. The Morgan fingerprint density at radius 3 is 2.42 bits per heavy atom. The monoisotopic (exact) mass is 296 g/mol. The zero-order valence-electron chi connectivity index (χ0n) is 9.39. The molecule has 0 radical (unpaired) electrons. The molecule has 0 saturated carbocycles. The van der Waals surface area contributed by atoms with Gasteiger partial charge in [-0.1, -0.05) is 11.6 Å². The fourth-order valence-electron chi connectivity index (χ4n) is 1.47. The van der Waals surface area contributed by atoms with E-state index in [0.29, 0.717) is 0 Å². The predicted octanol–water partition coefficient (Wildman–Crippen LogP) is 4.09. The first-order valence-corrected chi connectivity index (χ1v) is 5.41. The summed E-state index contributed by atoms with van der Waals surface area (Å²) in [5.41, 5.74) is -0.0372. The Labute approximate surface area is 109 Å². The molecular formula is C11H6ClF5N2. The van der Waals surface area contributed by atoms with E-state index >= 15 is 0 Å². The number of rotatable bonds is 2. The molecule has 0 aliphatic carbocycles. The van der Waals surface area contributed by atoms with E-state index in [1.807, 2.05) is 0 Å². The van der Waals surface area contributed by atoms with Crippen LogP contribution in [0.3, 0.4) is 0 Å². The van der Waals surface area contributed by atoms with Gasteiger partial charge in [0.25, 0.3) is 0 Å². The third-order valence-corrected chi connectivity index (χ3v) is 2.79. The number of nitrogens with zero attached hydrogens (tertiary/aromatic N) is 2. The molecule has 0 spiro atoms. The van der Waals surface area contributed by atoms with Crippen molar-refractivity contribution in [3.63, 3.8) is 0 Å². The number of halogens is 6. The summed E-state index contributed by atoms with van der Waals surface area (Å²) in [6, 6.07) is 2.11. The highest BCUT2D eigenvalue weighted by atomic mass is 35.5. The van der Waals surface area contributed by atoms with E-state index in [1.54, 1.807) is 0 Å². The molecule has 0 saturated heterocycles. The van der Waals surface area contributed by atoms with Gasteiger partial charge >= 0.3 is 12.3 Å². The molecule has 102 valence electrons. The molecule has 0 fully saturated rings. The van der Waals surface area contributed by atoms with Crippen molar-refractivity contribution >= 4 is 22.5 Å². The lowest BCUT2D eigenvalue weighted by Crippen LogP contribution is -2.26. The van der Waals surface area contributed by atoms with Crippen molar-refractivity contribution in [2.24, 2.45) is 0 Å². The van der Waals surface area contributed by atoms with Crippen LogP contribution < -0.4 is 0 Å². The normalized spacial score (nSPS) is 12.4. The van der Waals surface area contributed by atoms with Crippen LogP contribution in [0, 0.1) is 12.7 Å². The topological polar surface area (TPSA) is 25.8 Å². The van der Waals surface area contributed by atoms with E-state index < -0.39 is 29.1 Å². The maximum absolute atomic E-state index is 13.3. The van der Waals surface area contributed by atoms with Crippen molar-refractivity contribution < 1.29 is 22.0 Å². The molecule has 0 bridgehead atoms. The summed E-state index contributed by atoms with van der Waals surface area (Å²) >= 11 is 5.65. The van der Waals surface area contributed by atoms with Crippen LogP contribution in [0.15, 0.2) is 12.1 Å². The first-order chi connectivity index (χ1) is 8.73. The molecular weight excluding hydrogens is 291 g/mol. The maximum Gasteiger partial charge on any atom is 0.365 e. The Kier molecular flexibility index (Phi) is 3.34. The molecule has 2 rings (SSSR count). The van der Waals surface area contributed by atoms with E-state index in [2.05, 4.69) is 9.97 Å². The van der Waals surface area contributed by atoms with Gasteiger partial charge in [-0.05, 0) is 18.6 Å². The first-order valence-electron chi connectivity index (χ1n) is 5.03. The summed E-state index contributed by atoms with van der Waals surface area (Å²) in [5, 5.41) is -0.308.